The van der Waals surface area contributed by atoms with Gasteiger partial charge in [0.25, 0.3) is 0 Å². The fraction of sp³-hybridized carbons (Fsp3) is 0.958. The van der Waals surface area contributed by atoms with E-state index in [9.17, 15) is 4.79 Å². The molecule has 0 radical (unpaired) electrons. The first kappa shape index (κ1) is 25.5. The van der Waals surface area contributed by atoms with Crippen LogP contribution in [0.3, 0.4) is 0 Å². The summed E-state index contributed by atoms with van der Waals surface area (Å²) >= 11 is 0. The fourth-order valence-corrected chi connectivity index (χ4v) is 3.89. The number of unbranched alkanes of at least 4 members (excludes halogenated alkanes) is 14. The molecule has 0 aliphatic carbocycles. The van der Waals surface area contributed by atoms with E-state index in [1.54, 1.807) is 0 Å². The Morgan fingerprint density at radius 3 is 1.38 bits per heavy atom. The van der Waals surface area contributed by atoms with Gasteiger partial charge in [-0.3, -0.25) is 4.79 Å². The molecule has 26 heavy (non-hydrogen) atoms. The largest absolute Gasteiger partial charge is 0.481 e. The topological polar surface area (TPSA) is 37.3 Å². The van der Waals surface area contributed by atoms with Crippen LogP contribution < -0.4 is 0 Å². The average molecular weight is 369 g/mol. The van der Waals surface area contributed by atoms with Crippen LogP contribution in [0.15, 0.2) is 0 Å². The van der Waals surface area contributed by atoms with Gasteiger partial charge in [0.1, 0.15) is 0 Å². The average Bonchev–Trinajstić information content (AvgIpc) is 2.63. The Labute approximate surface area is 164 Å². The summed E-state index contributed by atoms with van der Waals surface area (Å²) in [5.41, 5.74) is 0. The molecule has 0 saturated heterocycles. The lowest BCUT2D eigenvalue weighted by Gasteiger charge is -2.14. The number of carboxylic acid groups (broad SMARTS) is 1. The molecule has 0 fully saturated rings. The molecule has 0 aromatic heterocycles. The maximum absolute atomic E-state index is 10.4. The first-order valence-corrected chi connectivity index (χ1v) is 11.9. The number of carboxylic acids is 1. The van der Waals surface area contributed by atoms with Gasteiger partial charge in [-0.2, -0.15) is 0 Å². The Kier molecular flexibility index (Phi) is 20.4. The van der Waals surface area contributed by atoms with Gasteiger partial charge >= 0.3 is 5.97 Å². The van der Waals surface area contributed by atoms with Crippen molar-refractivity contribution in [3.05, 3.63) is 0 Å². The van der Waals surface area contributed by atoms with Crippen molar-refractivity contribution in [2.24, 2.45) is 5.92 Å². The molecule has 1 atom stereocenters. The smallest absolute Gasteiger partial charge is 0.303 e. The second kappa shape index (κ2) is 20.8. The summed E-state index contributed by atoms with van der Waals surface area (Å²) < 4.78 is 0. The van der Waals surface area contributed by atoms with Crippen molar-refractivity contribution >= 4 is 5.97 Å². The van der Waals surface area contributed by atoms with Crippen molar-refractivity contribution < 1.29 is 9.90 Å². The monoisotopic (exact) mass is 368 g/mol. The zero-order valence-corrected chi connectivity index (χ0v) is 18.1. The lowest BCUT2D eigenvalue weighted by molar-refractivity contribution is -0.137. The van der Waals surface area contributed by atoms with Gasteiger partial charge in [-0.1, -0.05) is 129 Å². The SMILES string of the molecule is CCCCCC(CC)CCCCCCCCCCCCCCCC(=O)O. The minimum atomic E-state index is -0.651. The van der Waals surface area contributed by atoms with Crippen molar-refractivity contribution in [2.45, 2.75) is 142 Å². The van der Waals surface area contributed by atoms with E-state index in [-0.39, 0.29) is 0 Å². The highest BCUT2D eigenvalue weighted by Crippen LogP contribution is 2.21. The predicted molar refractivity (Wildman–Crippen MR) is 115 cm³/mol. The lowest BCUT2D eigenvalue weighted by atomic mass is 9.92. The van der Waals surface area contributed by atoms with Crippen LogP contribution in [0.2, 0.25) is 0 Å². The van der Waals surface area contributed by atoms with Gasteiger partial charge in [0.15, 0.2) is 0 Å². The molecule has 0 rings (SSSR count). The highest BCUT2D eigenvalue weighted by molar-refractivity contribution is 5.66. The first-order valence-electron chi connectivity index (χ1n) is 11.9. The molecule has 1 unspecified atom stereocenters. The fourth-order valence-electron chi connectivity index (χ4n) is 3.89. The summed E-state index contributed by atoms with van der Waals surface area (Å²) in [5, 5.41) is 8.58. The van der Waals surface area contributed by atoms with Crippen LogP contribution in [-0.4, -0.2) is 11.1 Å². The second-order valence-corrected chi connectivity index (χ2v) is 8.30. The van der Waals surface area contributed by atoms with Crippen molar-refractivity contribution in [1.82, 2.24) is 0 Å². The van der Waals surface area contributed by atoms with E-state index in [1.807, 2.05) is 0 Å². The number of hydrogen-bond donors (Lipinski definition) is 1. The van der Waals surface area contributed by atoms with E-state index in [1.165, 1.54) is 109 Å². The maximum atomic E-state index is 10.4. The molecule has 2 heteroatoms. The van der Waals surface area contributed by atoms with Gasteiger partial charge in [-0.25, -0.2) is 0 Å². The van der Waals surface area contributed by atoms with Crippen molar-refractivity contribution in [3.8, 4) is 0 Å². The van der Waals surface area contributed by atoms with Gasteiger partial charge in [0.05, 0.1) is 0 Å². The summed E-state index contributed by atoms with van der Waals surface area (Å²) in [6.07, 6.45) is 26.0. The van der Waals surface area contributed by atoms with Crippen LogP contribution in [0.5, 0.6) is 0 Å². The maximum Gasteiger partial charge on any atom is 0.303 e. The molecule has 0 bridgehead atoms. The third-order valence-corrected chi connectivity index (χ3v) is 5.80. The number of rotatable bonds is 21. The van der Waals surface area contributed by atoms with E-state index in [0.717, 1.165) is 18.8 Å². The molecule has 2 nitrogen and oxygen atoms in total. The zero-order chi connectivity index (χ0) is 19.3. The molecular formula is C24H48O2. The van der Waals surface area contributed by atoms with Gasteiger partial charge < -0.3 is 5.11 Å². The third-order valence-electron chi connectivity index (χ3n) is 5.80. The molecule has 0 aliphatic rings. The van der Waals surface area contributed by atoms with Gasteiger partial charge in [-0.15, -0.1) is 0 Å². The van der Waals surface area contributed by atoms with Gasteiger partial charge in [0, 0.05) is 6.42 Å². The van der Waals surface area contributed by atoms with Crippen LogP contribution >= 0.6 is 0 Å². The molecule has 0 spiro atoms. The molecular weight excluding hydrogens is 320 g/mol. The van der Waals surface area contributed by atoms with E-state index in [0.29, 0.717) is 6.42 Å². The minimum absolute atomic E-state index is 0.345. The van der Waals surface area contributed by atoms with E-state index < -0.39 is 5.97 Å². The lowest BCUT2D eigenvalue weighted by Crippen LogP contribution is -1.99. The number of hydrogen-bond acceptors (Lipinski definition) is 1. The van der Waals surface area contributed by atoms with Crippen LogP contribution in [-0.2, 0) is 4.79 Å². The minimum Gasteiger partial charge on any atom is -0.481 e. The Morgan fingerprint density at radius 2 is 1.00 bits per heavy atom. The molecule has 0 aliphatic heterocycles. The Morgan fingerprint density at radius 1 is 0.615 bits per heavy atom. The first-order chi connectivity index (χ1) is 12.7. The molecule has 0 aromatic rings. The van der Waals surface area contributed by atoms with Crippen LogP contribution in [0.25, 0.3) is 0 Å². The van der Waals surface area contributed by atoms with Crippen LogP contribution in [0, 0.1) is 5.92 Å². The van der Waals surface area contributed by atoms with Gasteiger partial charge in [-0.05, 0) is 12.3 Å². The van der Waals surface area contributed by atoms with Crippen LogP contribution in [0.4, 0.5) is 0 Å². The molecule has 0 saturated carbocycles. The van der Waals surface area contributed by atoms with Crippen molar-refractivity contribution in [1.29, 1.82) is 0 Å². The Balaban J connectivity index is 3.18. The molecule has 0 amide bonds. The van der Waals surface area contributed by atoms with Crippen molar-refractivity contribution in [2.75, 3.05) is 0 Å². The standard InChI is InChI=1S/C24H48O2/c1-3-5-17-20-23(4-2)21-18-15-13-11-9-7-6-8-10-12-14-16-19-22-24(25)26/h23H,3-22H2,1-2H3,(H,25,26). The normalized spacial score (nSPS) is 12.4. The Hall–Kier alpha value is -0.530. The Bertz CT molecular complexity index is 288. The zero-order valence-electron chi connectivity index (χ0n) is 18.1. The highest BCUT2D eigenvalue weighted by Gasteiger charge is 2.05. The summed E-state index contributed by atoms with van der Waals surface area (Å²) in [6.45, 7) is 4.67. The van der Waals surface area contributed by atoms with E-state index >= 15 is 0 Å². The van der Waals surface area contributed by atoms with Crippen molar-refractivity contribution in [3.63, 3.8) is 0 Å². The number of aliphatic carboxylic acids is 1. The molecule has 0 aromatic carbocycles. The second-order valence-electron chi connectivity index (χ2n) is 8.30. The summed E-state index contributed by atoms with van der Waals surface area (Å²) in [4.78, 5) is 10.4. The quantitative estimate of drug-likeness (QED) is 0.206. The third kappa shape index (κ3) is 19.8. The van der Waals surface area contributed by atoms with E-state index in [4.69, 9.17) is 5.11 Å². The highest BCUT2D eigenvalue weighted by atomic mass is 16.4. The molecule has 1 N–H and O–H groups in total. The van der Waals surface area contributed by atoms with E-state index in [2.05, 4.69) is 13.8 Å². The molecule has 156 valence electrons. The van der Waals surface area contributed by atoms with Gasteiger partial charge in [0.2, 0.25) is 0 Å². The molecule has 0 heterocycles. The summed E-state index contributed by atoms with van der Waals surface area (Å²) in [6, 6.07) is 0. The summed E-state index contributed by atoms with van der Waals surface area (Å²) in [7, 11) is 0. The predicted octanol–water partition coefficient (Wildman–Crippen LogP) is 8.53. The summed E-state index contributed by atoms with van der Waals surface area (Å²) in [5.74, 6) is 0.341. The number of carbonyl (C=O) groups is 1. The van der Waals surface area contributed by atoms with Crippen LogP contribution in [0.1, 0.15) is 142 Å².